The van der Waals surface area contributed by atoms with Crippen LogP contribution in [0.4, 0.5) is 8.78 Å². The van der Waals surface area contributed by atoms with Crippen molar-refractivity contribution in [1.29, 1.82) is 0 Å². The average molecular weight is 484 g/mol. The van der Waals surface area contributed by atoms with Crippen LogP contribution in [0.15, 0.2) is 41.6 Å². The lowest BCUT2D eigenvalue weighted by molar-refractivity contribution is 0.0953. The normalized spacial score (nSPS) is 15.8. The van der Waals surface area contributed by atoms with Gasteiger partial charge in [-0.3, -0.25) is 4.79 Å². The summed E-state index contributed by atoms with van der Waals surface area (Å²) in [5.74, 6) is -1.78. The van der Waals surface area contributed by atoms with E-state index in [0.717, 1.165) is 29.7 Å². The van der Waals surface area contributed by atoms with E-state index in [2.05, 4.69) is 10.3 Å². The third-order valence-electron chi connectivity index (χ3n) is 5.89. The fourth-order valence-corrected chi connectivity index (χ4v) is 4.54. The van der Waals surface area contributed by atoms with E-state index in [-0.39, 0.29) is 18.0 Å². The molecule has 0 bridgehead atoms. The molecule has 1 aromatic heterocycles. The summed E-state index contributed by atoms with van der Waals surface area (Å²) in [7, 11) is 0. The molecule has 34 heavy (non-hydrogen) atoms. The zero-order chi connectivity index (χ0) is 24.4. The van der Waals surface area contributed by atoms with Gasteiger partial charge in [0.05, 0.1) is 17.4 Å². The van der Waals surface area contributed by atoms with Crippen LogP contribution in [0.2, 0.25) is 0 Å². The number of thioether (sulfide) groups is 1. The summed E-state index contributed by atoms with van der Waals surface area (Å²) in [5.41, 5.74) is 3.31. The molecule has 0 saturated heterocycles. The first-order chi connectivity index (χ1) is 16.3. The molecule has 3 aromatic rings. The smallest absolute Gasteiger partial charge is 0.251 e. The Labute approximate surface area is 201 Å². The summed E-state index contributed by atoms with van der Waals surface area (Å²) < 4.78 is 29.4. The Morgan fingerprint density at radius 3 is 2.65 bits per heavy atom. The van der Waals surface area contributed by atoms with Gasteiger partial charge in [0.15, 0.2) is 5.16 Å². The molecule has 1 amide bonds. The number of carbonyl (C=O) groups is 1. The van der Waals surface area contributed by atoms with Gasteiger partial charge in [-0.1, -0.05) is 30.8 Å². The van der Waals surface area contributed by atoms with Gasteiger partial charge in [-0.05, 0) is 62.4 Å². The van der Waals surface area contributed by atoms with E-state index in [9.17, 15) is 18.8 Å². The number of amides is 1. The second-order valence-corrected chi connectivity index (χ2v) is 8.91. The monoisotopic (exact) mass is 483 g/mol. The summed E-state index contributed by atoms with van der Waals surface area (Å²) in [6.07, 6.45) is 2.94. The molecule has 2 heterocycles. The van der Waals surface area contributed by atoms with Crippen molar-refractivity contribution in [3.8, 4) is 11.3 Å². The molecule has 0 saturated carbocycles. The summed E-state index contributed by atoms with van der Waals surface area (Å²) >= 11 is 1.28. The second kappa shape index (κ2) is 10.2. The number of rotatable bonds is 6. The SMILES string of the molecule is CCCNC(=O)c1ccc(C)c(-c2nc(SC)nc3c2CCN([O-])C3c2c(F)cccc2F)c1. The fourth-order valence-electron chi connectivity index (χ4n) is 4.17. The highest BCUT2D eigenvalue weighted by molar-refractivity contribution is 7.98. The number of hydrogen-bond donors (Lipinski definition) is 1. The summed E-state index contributed by atoms with van der Waals surface area (Å²) in [6.45, 7) is 4.49. The topological polar surface area (TPSA) is 81.2 Å². The van der Waals surface area contributed by atoms with Gasteiger partial charge in [-0.2, -0.15) is 0 Å². The van der Waals surface area contributed by atoms with Crippen molar-refractivity contribution in [3.05, 3.63) is 81.2 Å². The quantitative estimate of drug-likeness (QED) is 0.391. The van der Waals surface area contributed by atoms with Gasteiger partial charge in [0.1, 0.15) is 11.6 Å². The third-order valence-corrected chi connectivity index (χ3v) is 6.44. The average Bonchev–Trinajstić information content (AvgIpc) is 2.83. The van der Waals surface area contributed by atoms with Gasteiger partial charge in [0.25, 0.3) is 5.91 Å². The molecule has 1 N–H and O–H groups in total. The van der Waals surface area contributed by atoms with E-state index >= 15 is 0 Å². The number of aryl methyl sites for hydroxylation is 1. The van der Waals surface area contributed by atoms with Crippen LogP contribution < -0.4 is 5.32 Å². The summed E-state index contributed by atoms with van der Waals surface area (Å²) in [6, 6.07) is 7.69. The number of nitrogens with zero attached hydrogens (tertiary/aromatic N) is 3. The minimum absolute atomic E-state index is 0.0378. The van der Waals surface area contributed by atoms with E-state index in [1.807, 2.05) is 19.9 Å². The highest BCUT2D eigenvalue weighted by Crippen LogP contribution is 2.40. The number of benzene rings is 2. The van der Waals surface area contributed by atoms with Crippen molar-refractivity contribution >= 4 is 17.7 Å². The molecule has 0 spiro atoms. The third kappa shape index (κ3) is 4.55. The van der Waals surface area contributed by atoms with E-state index in [1.165, 1.54) is 17.8 Å². The molecule has 9 heteroatoms. The number of hydroxylamine groups is 2. The van der Waals surface area contributed by atoms with Crippen LogP contribution in [0.25, 0.3) is 11.3 Å². The van der Waals surface area contributed by atoms with Gasteiger partial charge >= 0.3 is 0 Å². The first kappa shape index (κ1) is 24.3. The number of aromatic nitrogens is 2. The molecule has 178 valence electrons. The van der Waals surface area contributed by atoms with Crippen LogP contribution in [-0.4, -0.2) is 40.3 Å². The van der Waals surface area contributed by atoms with Crippen LogP contribution in [0, 0.1) is 23.8 Å². The molecule has 1 aliphatic heterocycles. The van der Waals surface area contributed by atoms with Crippen molar-refractivity contribution in [2.45, 2.75) is 37.9 Å². The van der Waals surface area contributed by atoms with Crippen molar-refractivity contribution in [2.24, 2.45) is 0 Å². The highest BCUT2D eigenvalue weighted by Gasteiger charge is 2.32. The van der Waals surface area contributed by atoms with Crippen LogP contribution in [0.3, 0.4) is 0 Å². The van der Waals surface area contributed by atoms with Gasteiger partial charge in [0, 0.05) is 28.8 Å². The van der Waals surface area contributed by atoms with Crippen molar-refractivity contribution in [3.63, 3.8) is 0 Å². The minimum atomic E-state index is -1.23. The predicted molar refractivity (Wildman–Crippen MR) is 129 cm³/mol. The second-order valence-electron chi connectivity index (χ2n) is 8.14. The molecule has 0 radical (unpaired) electrons. The number of halogens is 2. The van der Waals surface area contributed by atoms with Gasteiger partial charge < -0.3 is 15.6 Å². The lowest BCUT2D eigenvalue weighted by Gasteiger charge is -2.42. The number of carbonyl (C=O) groups excluding carboxylic acids is 1. The molecule has 6 nitrogen and oxygen atoms in total. The number of fused-ring (bicyclic) bond motifs is 1. The van der Waals surface area contributed by atoms with Crippen molar-refractivity contribution in [1.82, 2.24) is 20.3 Å². The number of hydrogen-bond acceptors (Lipinski definition) is 6. The van der Waals surface area contributed by atoms with E-state index in [0.29, 0.717) is 45.7 Å². The molecule has 0 aliphatic carbocycles. The zero-order valence-electron chi connectivity index (χ0n) is 19.2. The maximum Gasteiger partial charge on any atom is 0.251 e. The van der Waals surface area contributed by atoms with E-state index < -0.39 is 17.7 Å². The Morgan fingerprint density at radius 2 is 1.97 bits per heavy atom. The van der Waals surface area contributed by atoms with Gasteiger partial charge in [-0.25, -0.2) is 18.7 Å². The Hall–Kier alpha value is -2.88. The molecule has 1 aliphatic rings. The number of nitrogens with one attached hydrogen (secondary N) is 1. The van der Waals surface area contributed by atoms with Gasteiger partial charge in [-0.15, -0.1) is 0 Å². The summed E-state index contributed by atoms with van der Waals surface area (Å²) in [4.78, 5) is 21.8. The highest BCUT2D eigenvalue weighted by atomic mass is 32.2. The molecular weight excluding hydrogens is 458 g/mol. The Kier molecular flexibility index (Phi) is 7.25. The largest absolute Gasteiger partial charge is 0.784 e. The maximum atomic E-state index is 14.7. The Balaban J connectivity index is 1.91. The Morgan fingerprint density at radius 1 is 1.24 bits per heavy atom. The van der Waals surface area contributed by atoms with Crippen LogP contribution >= 0.6 is 11.8 Å². The molecule has 1 atom stereocenters. The first-order valence-electron chi connectivity index (χ1n) is 11.1. The van der Waals surface area contributed by atoms with Crippen molar-refractivity contribution in [2.75, 3.05) is 19.3 Å². The predicted octanol–water partition coefficient (Wildman–Crippen LogP) is 5.04. The van der Waals surface area contributed by atoms with Crippen LogP contribution in [-0.2, 0) is 6.42 Å². The molecular formula is C25H25F2N4O2S-. The van der Waals surface area contributed by atoms with Crippen LogP contribution in [0.1, 0.15) is 52.1 Å². The lowest BCUT2D eigenvalue weighted by atomic mass is 9.89. The zero-order valence-corrected chi connectivity index (χ0v) is 20.0. The molecule has 0 fully saturated rings. The summed E-state index contributed by atoms with van der Waals surface area (Å²) in [5, 5.41) is 16.8. The minimum Gasteiger partial charge on any atom is -0.784 e. The first-order valence-corrected chi connectivity index (χ1v) is 12.3. The Bertz CT molecular complexity index is 1220. The lowest BCUT2D eigenvalue weighted by Crippen LogP contribution is -2.34. The molecule has 1 unspecified atom stereocenters. The van der Waals surface area contributed by atoms with Gasteiger partial charge in [0.2, 0.25) is 0 Å². The van der Waals surface area contributed by atoms with Crippen LogP contribution in [0.5, 0.6) is 0 Å². The van der Waals surface area contributed by atoms with E-state index in [4.69, 9.17) is 4.98 Å². The van der Waals surface area contributed by atoms with E-state index in [1.54, 1.807) is 18.4 Å². The molecule has 2 aromatic carbocycles. The van der Waals surface area contributed by atoms with Crippen molar-refractivity contribution < 1.29 is 13.6 Å². The molecule has 4 rings (SSSR count). The maximum absolute atomic E-state index is 14.7. The fraction of sp³-hybridized carbons (Fsp3) is 0.320. The standard InChI is InChI=1S/C25H25F2N4O2S/c1-4-11-28-24(32)15-9-8-14(2)17(13-15)21-16-10-12-31(33)23(22(16)30-25(29-21)34-3)20-18(26)6-5-7-19(20)27/h5-9,13,23H,4,10-12H2,1-3H3,(H,28,32)/q-1.